The molecule has 2 aliphatic carbocycles. The van der Waals surface area contributed by atoms with Crippen LogP contribution in [0.2, 0.25) is 0 Å². The minimum atomic E-state index is 0.495. The molecule has 0 aromatic heterocycles. The highest BCUT2D eigenvalue weighted by Crippen LogP contribution is 2.41. The molecule has 0 amide bonds. The summed E-state index contributed by atoms with van der Waals surface area (Å²) in [5.41, 5.74) is 15.0. The molecule has 0 spiro atoms. The highest BCUT2D eigenvalue weighted by Gasteiger charge is 2.24. The maximum atomic E-state index is 2.48. The Morgan fingerprint density at radius 2 is 1.36 bits per heavy atom. The van der Waals surface area contributed by atoms with Gasteiger partial charge >= 0.3 is 0 Å². The molecule has 2 atom stereocenters. The van der Waals surface area contributed by atoms with Crippen LogP contribution in [0.5, 0.6) is 0 Å². The summed E-state index contributed by atoms with van der Waals surface area (Å²) in [7, 11) is 0. The van der Waals surface area contributed by atoms with Crippen molar-refractivity contribution in [2.75, 3.05) is 0 Å². The van der Waals surface area contributed by atoms with E-state index in [2.05, 4.69) is 113 Å². The van der Waals surface area contributed by atoms with Crippen LogP contribution in [0.15, 0.2) is 95.6 Å². The fourth-order valence-electron chi connectivity index (χ4n) is 6.34. The Balaban J connectivity index is 1.33. The van der Waals surface area contributed by atoms with Crippen molar-refractivity contribution >= 4 is 6.08 Å². The first-order valence-electron chi connectivity index (χ1n) is 13.9. The summed E-state index contributed by atoms with van der Waals surface area (Å²) < 4.78 is 0. The molecule has 3 aromatic rings. The van der Waals surface area contributed by atoms with Gasteiger partial charge in [-0.2, -0.15) is 0 Å². The molecule has 0 nitrogen and oxygen atoms in total. The minimum Gasteiger partial charge on any atom is -0.0769 e. The van der Waals surface area contributed by atoms with E-state index in [9.17, 15) is 0 Å². The van der Waals surface area contributed by atoms with E-state index in [0.29, 0.717) is 11.8 Å². The molecule has 0 fully saturated rings. The zero-order valence-electron chi connectivity index (χ0n) is 22.5. The van der Waals surface area contributed by atoms with Gasteiger partial charge in [0.2, 0.25) is 0 Å². The van der Waals surface area contributed by atoms with Crippen LogP contribution in [0.3, 0.4) is 0 Å². The summed E-state index contributed by atoms with van der Waals surface area (Å²) in [6, 6.07) is 25.0. The van der Waals surface area contributed by atoms with Gasteiger partial charge in [-0.3, -0.25) is 0 Å². The molecule has 0 heteroatoms. The first-order chi connectivity index (χ1) is 17.6. The summed E-state index contributed by atoms with van der Waals surface area (Å²) in [6.07, 6.45) is 14.0. The number of hydrogen-bond acceptors (Lipinski definition) is 0. The van der Waals surface area contributed by atoms with Crippen LogP contribution in [0.1, 0.15) is 91.3 Å². The molecule has 0 saturated heterocycles. The van der Waals surface area contributed by atoms with E-state index in [0.717, 1.165) is 38.5 Å². The Hall–Kier alpha value is -3.12. The van der Waals surface area contributed by atoms with E-state index >= 15 is 0 Å². The number of fused-ring (bicyclic) bond motifs is 1. The number of rotatable bonds is 9. The summed E-state index contributed by atoms with van der Waals surface area (Å²) in [5, 5.41) is 0. The molecule has 3 aromatic carbocycles. The van der Waals surface area contributed by atoms with Crippen LogP contribution in [0.25, 0.3) is 6.08 Å². The summed E-state index contributed by atoms with van der Waals surface area (Å²) in [6.45, 7) is 9.36. The highest BCUT2D eigenvalue weighted by molar-refractivity contribution is 5.73. The molecule has 0 heterocycles. The fraction of sp³-hybridized carbons (Fsp3) is 0.333. The van der Waals surface area contributed by atoms with Crippen LogP contribution < -0.4 is 0 Å². The second-order valence-electron chi connectivity index (χ2n) is 10.8. The smallest absolute Gasteiger partial charge is 0.00136 e. The van der Waals surface area contributed by atoms with Crippen molar-refractivity contribution in [1.82, 2.24) is 0 Å². The fourth-order valence-corrected chi connectivity index (χ4v) is 6.34. The summed E-state index contributed by atoms with van der Waals surface area (Å²) in [5.74, 6) is 1.00. The van der Waals surface area contributed by atoms with E-state index in [1.165, 1.54) is 50.1 Å². The Bertz CT molecular complexity index is 1320. The van der Waals surface area contributed by atoms with Gasteiger partial charge in [0.1, 0.15) is 0 Å². The SMILES string of the molecule is CCc1cc2c(cc1CC)CC(C1=CCC=C1CC(C)c1ccccc1C(C)Cc1ccccc1)=C2. The molecular weight excluding hydrogens is 432 g/mol. The number of allylic oxidation sites excluding steroid dienone is 5. The predicted octanol–water partition coefficient (Wildman–Crippen LogP) is 9.55. The molecule has 36 heavy (non-hydrogen) atoms. The van der Waals surface area contributed by atoms with Crippen LogP contribution >= 0.6 is 0 Å². The zero-order valence-corrected chi connectivity index (χ0v) is 22.5. The maximum absolute atomic E-state index is 2.48. The molecule has 0 radical (unpaired) electrons. The van der Waals surface area contributed by atoms with E-state index in [-0.39, 0.29) is 0 Å². The Kier molecular flexibility index (Phi) is 7.42. The predicted molar refractivity (Wildman–Crippen MR) is 156 cm³/mol. The first kappa shape index (κ1) is 24.6. The standard InChI is InChI=1S/C36H40/c1-5-28-21-31-23-33(24-32(31)22-29(28)6-2)36-18-12-15-30(36)20-26(4)35-17-11-10-16-34(35)25(3)19-27-13-8-7-9-14-27/h7-11,13-18,21-23,25-26H,5-6,12,19-20,24H2,1-4H3. The van der Waals surface area contributed by atoms with Crippen molar-refractivity contribution in [2.45, 2.75) is 78.1 Å². The molecule has 0 bridgehead atoms. The number of benzene rings is 3. The average Bonchev–Trinajstić information content (AvgIpc) is 3.54. The van der Waals surface area contributed by atoms with Crippen LogP contribution in [-0.2, 0) is 25.7 Å². The van der Waals surface area contributed by atoms with Gasteiger partial charge in [-0.15, -0.1) is 0 Å². The molecule has 0 saturated carbocycles. The third-order valence-electron chi connectivity index (χ3n) is 8.28. The van der Waals surface area contributed by atoms with Crippen LogP contribution in [0.4, 0.5) is 0 Å². The number of hydrogen-bond donors (Lipinski definition) is 0. The lowest BCUT2D eigenvalue weighted by atomic mass is 9.82. The van der Waals surface area contributed by atoms with Crippen molar-refractivity contribution < 1.29 is 0 Å². The Morgan fingerprint density at radius 3 is 2.06 bits per heavy atom. The monoisotopic (exact) mass is 472 g/mol. The van der Waals surface area contributed by atoms with E-state index in [1.54, 1.807) is 5.57 Å². The topological polar surface area (TPSA) is 0 Å². The Labute approximate surface area is 218 Å². The summed E-state index contributed by atoms with van der Waals surface area (Å²) >= 11 is 0. The minimum absolute atomic E-state index is 0.495. The highest BCUT2D eigenvalue weighted by atomic mass is 14.3. The lowest BCUT2D eigenvalue weighted by Crippen LogP contribution is -2.07. The molecule has 0 N–H and O–H groups in total. The zero-order chi connectivity index (χ0) is 25.1. The third-order valence-corrected chi connectivity index (χ3v) is 8.28. The van der Waals surface area contributed by atoms with Crippen LogP contribution in [-0.4, -0.2) is 0 Å². The normalized spacial score (nSPS) is 16.3. The van der Waals surface area contributed by atoms with Gasteiger partial charge in [-0.05, 0) is 106 Å². The van der Waals surface area contributed by atoms with Gasteiger partial charge in [0.25, 0.3) is 0 Å². The van der Waals surface area contributed by atoms with Gasteiger partial charge in [0.05, 0.1) is 0 Å². The van der Waals surface area contributed by atoms with Gasteiger partial charge < -0.3 is 0 Å². The van der Waals surface area contributed by atoms with Crippen molar-refractivity contribution in [3.63, 3.8) is 0 Å². The molecular formula is C36H40. The van der Waals surface area contributed by atoms with Gasteiger partial charge in [0, 0.05) is 0 Å². The van der Waals surface area contributed by atoms with Crippen molar-refractivity contribution in [2.24, 2.45) is 0 Å². The van der Waals surface area contributed by atoms with E-state index in [1.807, 2.05) is 0 Å². The third kappa shape index (κ3) is 5.05. The summed E-state index contributed by atoms with van der Waals surface area (Å²) in [4.78, 5) is 0. The van der Waals surface area contributed by atoms with E-state index < -0.39 is 0 Å². The molecule has 2 unspecified atom stereocenters. The molecule has 184 valence electrons. The van der Waals surface area contributed by atoms with Crippen molar-refractivity contribution in [1.29, 1.82) is 0 Å². The first-order valence-corrected chi connectivity index (χ1v) is 13.9. The van der Waals surface area contributed by atoms with Gasteiger partial charge in [-0.1, -0.05) is 113 Å². The van der Waals surface area contributed by atoms with Crippen molar-refractivity contribution in [3.8, 4) is 0 Å². The number of aryl methyl sites for hydroxylation is 2. The lowest BCUT2D eigenvalue weighted by Gasteiger charge is -2.22. The van der Waals surface area contributed by atoms with Crippen molar-refractivity contribution in [3.05, 3.63) is 135 Å². The molecule has 5 rings (SSSR count). The molecule has 0 aliphatic heterocycles. The Morgan fingerprint density at radius 1 is 0.722 bits per heavy atom. The van der Waals surface area contributed by atoms with Gasteiger partial charge in [-0.25, -0.2) is 0 Å². The largest absolute Gasteiger partial charge is 0.0769 e. The quantitative estimate of drug-likeness (QED) is 0.291. The maximum Gasteiger partial charge on any atom is -0.00136 e. The second kappa shape index (κ2) is 10.9. The molecule has 2 aliphatic rings. The second-order valence-corrected chi connectivity index (χ2v) is 10.8. The van der Waals surface area contributed by atoms with Crippen LogP contribution in [0, 0.1) is 0 Å². The van der Waals surface area contributed by atoms with E-state index in [4.69, 9.17) is 0 Å². The average molecular weight is 473 g/mol. The lowest BCUT2D eigenvalue weighted by molar-refractivity contribution is 0.698. The van der Waals surface area contributed by atoms with Gasteiger partial charge in [0.15, 0.2) is 0 Å².